The van der Waals surface area contributed by atoms with E-state index in [4.69, 9.17) is 10.7 Å². The zero-order valence-corrected chi connectivity index (χ0v) is 20.9. The summed E-state index contributed by atoms with van der Waals surface area (Å²) in [5, 5.41) is 0. The van der Waals surface area contributed by atoms with Crippen molar-refractivity contribution in [2.24, 2.45) is 5.73 Å². The first-order valence-corrected chi connectivity index (χ1v) is 12.1. The predicted molar refractivity (Wildman–Crippen MR) is 140 cm³/mol. The summed E-state index contributed by atoms with van der Waals surface area (Å²) in [4.78, 5) is 29.4. The molecule has 0 saturated heterocycles. The largest absolute Gasteiger partial charge is 0.345 e. The molecule has 0 radical (unpaired) electrons. The van der Waals surface area contributed by atoms with Gasteiger partial charge in [0.2, 0.25) is 0 Å². The number of rotatable bonds is 5. The molecule has 5 rings (SSSR count). The van der Waals surface area contributed by atoms with Gasteiger partial charge in [0, 0.05) is 63.2 Å². The molecule has 1 aliphatic rings. The number of hydrogen-bond donors (Lipinski definition) is 2. The molecular weight excluding hydrogens is 436 g/mol. The molecule has 2 aromatic carbocycles. The molecule has 1 amide bonds. The van der Waals surface area contributed by atoms with Gasteiger partial charge >= 0.3 is 0 Å². The fourth-order valence-corrected chi connectivity index (χ4v) is 5.00. The van der Waals surface area contributed by atoms with E-state index in [1.54, 1.807) is 19.0 Å². The maximum atomic E-state index is 12.4. The number of aromatic nitrogens is 3. The molecule has 7 nitrogen and oxygen atoms in total. The van der Waals surface area contributed by atoms with Gasteiger partial charge in [0.05, 0.1) is 11.9 Å². The zero-order chi connectivity index (χ0) is 24.7. The third kappa shape index (κ3) is 4.33. The Kier molecular flexibility index (Phi) is 6.13. The highest BCUT2D eigenvalue weighted by atomic mass is 16.2. The van der Waals surface area contributed by atoms with Gasteiger partial charge in [-0.1, -0.05) is 12.1 Å². The van der Waals surface area contributed by atoms with Crippen molar-refractivity contribution in [1.29, 1.82) is 0 Å². The summed E-state index contributed by atoms with van der Waals surface area (Å²) in [5.74, 6) is 0.00369. The van der Waals surface area contributed by atoms with Gasteiger partial charge in [-0.3, -0.25) is 9.69 Å². The Bertz CT molecular complexity index is 1420. The molecule has 3 heterocycles. The Morgan fingerprint density at radius 3 is 2.69 bits per heavy atom. The maximum absolute atomic E-state index is 12.4. The fraction of sp³-hybridized carbons (Fsp3) is 0.321. The zero-order valence-electron chi connectivity index (χ0n) is 20.9. The molecule has 0 saturated carbocycles. The van der Waals surface area contributed by atoms with E-state index in [0.29, 0.717) is 12.1 Å². The van der Waals surface area contributed by atoms with Crippen LogP contribution >= 0.6 is 0 Å². The highest BCUT2D eigenvalue weighted by molar-refractivity contribution is 5.97. The Balaban J connectivity index is 1.52. The quantitative estimate of drug-likeness (QED) is 0.463. The van der Waals surface area contributed by atoms with Crippen molar-refractivity contribution in [3.05, 3.63) is 70.5 Å². The number of nitrogens with zero attached hydrogens (tertiary/aromatic N) is 4. The van der Waals surface area contributed by atoms with Crippen LogP contribution in [0.3, 0.4) is 0 Å². The summed E-state index contributed by atoms with van der Waals surface area (Å²) in [6, 6.07) is 10.4. The van der Waals surface area contributed by atoms with Gasteiger partial charge in [-0.25, -0.2) is 9.97 Å². The first-order valence-electron chi connectivity index (χ1n) is 12.1. The minimum absolute atomic E-state index is 0.00369. The highest BCUT2D eigenvalue weighted by Crippen LogP contribution is 2.32. The number of fused-ring (bicyclic) bond motifs is 2. The van der Waals surface area contributed by atoms with Crippen molar-refractivity contribution in [3.63, 3.8) is 0 Å². The molecule has 0 fully saturated rings. The molecule has 4 aromatic rings. The number of carbonyl (C=O) groups excluding carboxylic acids is 1. The van der Waals surface area contributed by atoms with Crippen LogP contribution in [0.5, 0.6) is 0 Å². The number of nitrogens with two attached hydrogens (primary N) is 1. The molecule has 0 aliphatic carbocycles. The Labute approximate surface area is 206 Å². The van der Waals surface area contributed by atoms with Gasteiger partial charge in [0.25, 0.3) is 5.91 Å². The third-order valence-corrected chi connectivity index (χ3v) is 6.94. The number of amides is 1. The van der Waals surface area contributed by atoms with Gasteiger partial charge in [-0.2, -0.15) is 0 Å². The first kappa shape index (κ1) is 23.2. The number of H-pyrrole nitrogens is 1. The fourth-order valence-electron chi connectivity index (χ4n) is 5.00. The number of benzene rings is 2. The molecule has 35 heavy (non-hydrogen) atoms. The molecule has 180 valence electrons. The molecule has 0 bridgehead atoms. The molecule has 7 heteroatoms. The Morgan fingerprint density at radius 1 is 1.14 bits per heavy atom. The maximum Gasteiger partial charge on any atom is 0.253 e. The molecule has 0 atom stereocenters. The Hall–Kier alpha value is -3.55. The second-order valence-corrected chi connectivity index (χ2v) is 9.63. The van der Waals surface area contributed by atoms with Crippen LogP contribution in [0.15, 0.2) is 42.7 Å². The molecular formula is C28H32N6O. The number of aromatic amines is 1. The van der Waals surface area contributed by atoms with Crippen LogP contribution in [0.25, 0.3) is 33.5 Å². The normalized spacial score (nSPS) is 13.7. The van der Waals surface area contributed by atoms with Crippen molar-refractivity contribution in [3.8, 4) is 22.4 Å². The highest BCUT2D eigenvalue weighted by Gasteiger charge is 2.20. The average Bonchev–Trinajstić information content (AvgIpc) is 3.27. The minimum Gasteiger partial charge on any atom is -0.345 e. The van der Waals surface area contributed by atoms with Crippen molar-refractivity contribution >= 4 is 17.1 Å². The predicted octanol–water partition coefficient (Wildman–Crippen LogP) is 3.93. The van der Waals surface area contributed by atoms with E-state index < -0.39 is 0 Å². The molecule has 3 N–H and O–H groups in total. The molecule has 0 unspecified atom stereocenters. The second-order valence-electron chi connectivity index (χ2n) is 9.63. The third-order valence-electron chi connectivity index (χ3n) is 6.94. The van der Waals surface area contributed by atoms with Crippen molar-refractivity contribution < 1.29 is 4.79 Å². The second kappa shape index (κ2) is 9.24. The van der Waals surface area contributed by atoms with Gasteiger partial charge < -0.3 is 15.6 Å². The summed E-state index contributed by atoms with van der Waals surface area (Å²) >= 11 is 0. The van der Waals surface area contributed by atoms with Crippen LogP contribution in [0, 0.1) is 13.8 Å². The van der Waals surface area contributed by atoms with E-state index in [1.807, 2.05) is 37.5 Å². The lowest BCUT2D eigenvalue weighted by atomic mass is 9.92. The average molecular weight is 469 g/mol. The number of hydrogen-bond acceptors (Lipinski definition) is 5. The summed E-state index contributed by atoms with van der Waals surface area (Å²) in [7, 11) is 3.54. The molecule has 1 aliphatic heterocycles. The number of nitrogens with one attached hydrogen (secondary N) is 1. The van der Waals surface area contributed by atoms with Crippen LogP contribution in [0.2, 0.25) is 0 Å². The van der Waals surface area contributed by atoms with Crippen LogP contribution in [-0.4, -0.2) is 64.4 Å². The van der Waals surface area contributed by atoms with E-state index >= 15 is 0 Å². The summed E-state index contributed by atoms with van der Waals surface area (Å²) in [6.07, 6.45) is 4.81. The monoisotopic (exact) mass is 468 g/mol. The van der Waals surface area contributed by atoms with Crippen LogP contribution < -0.4 is 5.73 Å². The lowest BCUT2D eigenvalue weighted by Gasteiger charge is -2.30. The Morgan fingerprint density at radius 2 is 1.94 bits per heavy atom. The van der Waals surface area contributed by atoms with Crippen molar-refractivity contribution in [2.75, 3.05) is 33.7 Å². The van der Waals surface area contributed by atoms with Gasteiger partial charge in [0.15, 0.2) is 5.65 Å². The summed E-state index contributed by atoms with van der Waals surface area (Å²) in [5.41, 5.74) is 17.0. The van der Waals surface area contributed by atoms with Crippen LogP contribution in [0.4, 0.5) is 0 Å². The van der Waals surface area contributed by atoms with Crippen molar-refractivity contribution in [2.45, 2.75) is 26.8 Å². The van der Waals surface area contributed by atoms with Gasteiger partial charge in [0.1, 0.15) is 5.52 Å². The smallest absolute Gasteiger partial charge is 0.253 e. The van der Waals surface area contributed by atoms with Crippen molar-refractivity contribution in [1.82, 2.24) is 24.8 Å². The van der Waals surface area contributed by atoms with Crippen LogP contribution in [0.1, 0.15) is 32.6 Å². The number of carbonyl (C=O) groups is 1. The lowest BCUT2D eigenvalue weighted by molar-refractivity contribution is 0.0827. The summed E-state index contributed by atoms with van der Waals surface area (Å²) < 4.78 is 0. The van der Waals surface area contributed by atoms with Gasteiger partial charge in [-0.05, 0) is 66.3 Å². The molecule has 0 spiro atoms. The van der Waals surface area contributed by atoms with Crippen LogP contribution in [-0.2, 0) is 13.0 Å². The summed E-state index contributed by atoms with van der Waals surface area (Å²) in [6.45, 7) is 7.76. The topological polar surface area (TPSA) is 91.1 Å². The van der Waals surface area contributed by atoms with E-state index in [2.05, 4.69) is 33.9 Å². The SMILES string of the molecule is Cc1cc(-c2c[nH]c3ncc(-c4cc(C)c5c(c4)CCN(CCN)C5)nc23)ccc1C(=O)N(C)C. The lowest BCUT2D eigenvalue weighted by Crippen LogP contribution is -2.34. The number of aryl methyl sites for hydroxylation is 2. The van der Waals surface area contributed by atoms with Gasteiger partial charge in [-0.15, -0.1) is 0 Å². The minimum atomic E-state index is 0.00369. The first-order chi connectivity index (χ1) is 16.9. The van der Waals surface area contributed by atoms with E-state index in [1.165, 1.54) is 16.7 Å². The van der Waals surface area contributed by atoms with E-state index in [0.717, 1.165) is 65.2 Å². The van der Waals surface area contributed by atoms with E-state index in [-0.39, 0.29) is 5.91 Å². The van der Waals surface area contributed by atoms with E-state index in [9.17, 15) is 4.79 Å². The standard InChI is InChI=1S/C28H32N6O/c1-17-11-19(5-6-22(17)28(35)33(3)4)23-14-30-27-26(23)32-25(15-31-27)21-12-18(2)24-16-34(10-8-29)9-7-20(24)13-21/h5-6,11-15H,7-10,16,29H2,1-4H3,(H,30,31). The molecule has 2 aromatic heterocycles.